The molecule has 0 bridgehead atoms. The van der Waals surface area contributed by atoms with E-state index in [4.69, 9.17) is 0 Å². The summed E-state index contributed by atoms with van der Waals surface area (Å²) in [7, 11) is 0. The molecule has 4 aromatic rings. The molecule has 2 aromatic heterocycles. The molecule has 1 atom stereocenters. The number of aromatic nitrogens is 4. The first-order valence-electron chi connectivity index (χ1n) is 10.3. The number of nitrogens with zero attached hydrogens (tertiary/aromatic N) is 4. The van der Waals surface area contributed by atoms with Gasteiger partial charge in [-0.1, -0.05) is 42.0 Å². The van der Waals surface area contributed by atoms with Crippen molar-refractivity contribution in [2.45, 2.75) is 25.9 Å². The fraction of sp³-hybridized carbons (Fsp3) is 0.208. The number of hydrogen-bond acceptors (Lipinski definition) is 4. The number of fused-ring (bicyclic) bond motifs is 1. The molecule has 0 saturated heterocycles. The van der Waals surface area contributed by atoms with E-state index in [1.165, 1.54) is 5.56 Å². The Morgan fingerprint density at radius 3 is 2.55 bits per heavy atom. The van der Waals surface area contributed by atoms with Gasteiger partial charge in [-0.2, -0.15) is 5.10 Å². The summed E-state index contributed by atoms with van der Waals surface area (Å²) in [5, 5.41) is 17.3. The minimum absolute atomic E-state index is 0.0513. The maximum atomic E-state index is 13.3. The molecule has 0 saturated carbocycles. The minimum atomic E-state index is -0.263. The van der Waals surface area contributed by atoms with Gasteiger partial charge < -0.3 is 14.6 Å². The van der Waals surface area contributed by atoms with Crippen LogP contribution in [-0.4, -0.2) is 42.2 Å². The second-order valence-corrected chi connectivity index (χ2v) is 7.87. The summed E-state index contributed by atoms with van der Waals surface area (Å²) >= 11 is 0. The summed E-state index contributed by atoms with van der Waals surface area (Å²) < 4.78 is 2.01. The van der Waals surface area contributed by atoms with Crippen LogP contribution in [0.15, 0.2) is 67.3 Å². The third kappa shape index (κ3) is 3.48. The van der Waals surface area contributed by atoms with Crippen LogP contribution in [0.2, 0.25) is 0 Å². The lowest BCUT2D eigenvalue weighted by Gasteiger charge is -2.26. The maximum Gasteiger partial charge on any atom is 0.273 e. The van der Waals surface area contributed by atoms with Gasteiger partial charge in [0.2, 0.25) is 0 Å². The van der Waals surface area contributed by atoms with E-state index < -0.39 is 0 Å². The molecule has 7 nitrogen and oxygen atoms in total. The number of aryl methyl sites for hydroxylation is 2. The average molecular weight is 413 g/mol. The zero-order valence-electron chi connectivity index (χ0n) is 17.2. The number of aromatic hydroxyl groups is 1. The molecular formula is C24H23N5O2. The number of carbonyl (C=O) groups excluding carboxylic acids is 1. The van der Waals surface area contributed by atoms with E-state index in [0.717, 1.165) is 35.3 Å². The lowest BCUT2D eigenvalue weighted by Crippen LogP contribution is -2.31. The number of aromatic amines is 1. The van der Waals surface area contributed by atoms with Gasteiger partial charge >= 0.3 is 0 Å². The van der Waals surface area contributed by atoms with Gasteiger partial charge in [-0.15, -0.1) is 0 Å². The number of benzene rings is 2. The fourth-order valence-electron chi connectivity index (χ4n) is 4.20. The van der Waals surface area contributed by atoms with Crippen molar-refractivity contribution in [1.82, 2.24) is 24.6 Å². The average Bonchev–Trinajstić information content (AvgIpc) is 3.49. The highest BCUT2D eigenvalue weighted by Gasteiger charge is 2.41. The molecule has 1 aliphatic heterocycles. The highest BCUT2D eigenvalue weighted by Crippen LogP contribution is 2.43. The molecule has 3 heterocycles. The molecule has 0 fully saturated rings. The van der Waals surface area contributed by atoms with Crippen molar-refractivity contribution in [3.8, 4) is 17.0 Å². The van der Waals surface area contributed by atoms with Crippen molar-refractivity contribution in [3.05, 3.63) is 89.6 Å². The van der Waals surface area contributed by atoms with Crippen LogP contribution in [0.3, 0.4) is 0 Å². The minimum Gasteiger partial charge on any atom is -0.508 e. The largest absolute Gasteiger partial charge is 0.508 e. The molecule has 7 heteroatoms. The number of hydrogen-bond donors (Lipinski definition) is 2. The molecule has 0 radical (unpaired) electrons. The van der Waals surface area contributed by atoms with Gasteiger partial charge in [-0.25, -0.2) is 4.98 Å². The molecule has 156 valence electrons. The van der Waals surface area contributed by atoms with Gasteiger partial charge in [-0.3, -0.25) is 9.89 Å². The quantitative estimate of drug-likeness (QED) is 0.502. The van der Waals surface area contributed by atoms with Gasteiger partial charge in [0.1, 0.15) is 11.4 Å². The first-order valence-corrected chi connectivity index (χ1v) is 10.3. The van der Waals surface area contributed by atoms with E-state index in [9.17, 15) is 9.90 Å². The molecule has 0 aliphatic carbocycles. The van der Waals surface area contributed by atoms with E-state index in [0.29, 0.717) is 12.2 Å². The molecular weight excluding hydrogens is 390 g/mol. The van der Waals surface area contributed by atoms with Crippen molar-refractivity contribution in [2.75, 3.05) is 6.54 Å². The number of nitrogens with one attached hydrogen (secondary N) is 1. The number of phenolic OH excluding ortho intramolecular Hbond substituents is 1. The molecule has 1 amide bonds. The van der Waals surface area contributed by atoms with Crippen LogP contribution >= 0.6 is 0 Å². The van der Waals surface area contributed by atoms with Crippen LogP contribution < -0.4 is 0 Å². The van der Waals surface area contributed by atoms with Crippen LogP contribution in [0.1, 0.15) is 39.6 Å². The SMILES string of the molecule is Cc1ccc(-c2n[nH]c3c2C(c2ccc(O)cc2)N(CCCn2ccnc2)C3=O)cc1. The van der Waals surface area contributed by atoms with Crippen LogP contribution in [0, 0.1) is 6.92 Å². The summed E-state index contributed by atoms with van der Waals surface area (Å²) in [5.41, 5.74) is 5.31. The first-order chi connectivity index (χ1) is 15.1. The predicted octanol–water partition coefficient (Wildman–Crippen LogP) is 3.92. The van der Waals surface area contributed by atoms with E-state index in [1.807, 2.05) is 59.0 Å². The fourth-order valence-corrected chi connectivity index (χ4v) is 4.20. The Hall–Kier alpha value is -3.87. The van der Waals surface area contributed by atoms with Crippen LogP contribution in [0.25, 0.3) is 11.3 Å². The van der Waals surface area contributed by atoms with Gasteiger partial charge in [-0.05, 0) is 31.0 Å². The highest BCUT2D eigenvalue weighted by atomic mass is 16.3. The summed E-state index contributed by atoms with van der Waals surface area (Å²) in [6.07, 6.45) is 6.26. The third-order valence-corrected chi connectivity index (χ3v) is 5.77. The number of phenols is 1. The van der Waals surface area contributed by atoms with Crippen molar-refractivity contribution in [3.63, 3.8) is 0 Å². The molecule has 2 N–H and O–H groups in total. The van der Waals surface area contributed by atoms with E-state index in [-0.39, 0.29) is 17.7 Å². The normalized spacial score (nSPS) is 15.5. The van der Waals surface area contributed by atoms with E-state index in [2.05, 4.69) is 15.2 Å². The van der Waals surface area contributed by atoms with Crippen LogP contribution in [0.5, 0.6) is 5.75 Å². The van der Waals surface area contributed by atoms with Crippen molar-refractivity contribution >= 4 is 5.91 Å². The highest BCUT2D eigenvalue weighted by molar-refractivity contribution is 6.00. The first kappa shape index (κ1) is 19.1. The second-order valence-electron chi connectivity index (χ2n) is 7.87. The van der Waals surface area contributed by atoms with Gasteiger partial charge in [0.05, 0.1) is 18.1 Å². The van der Waals surface area contributed by atoms with E-state index >= 15 is 0 Å². The van der Waals surface area contributed by atoms with Gasteiger partial charge in [0.25, 0.3) is 5.91 Å². The molecule has 31 heavy (non-hydrogen) atoms. The Balaban J connectivity index is 1.52. The summed E-state index contributed by atoms with van der Waals surface area (Å²) in [6, 6.07) is 15.0. The number of H-pyrrole nitrogens is 1. The topological polar surface area (TPSA) is 87.0 Å². The number of imidazole rings is 1. The van der Waals surface area contributed by atoms with Gasteiger partial charge in [0.15, 0.2) is 0 Å². The van der Waals surface area contributed by atoms with Crippen LogP contribution in [-0.2, 0) is 6.54 Å². The maximum absolute atomic E-state index is 13.3. The summed E-state index contributed by atoms with van der Waals surface area (Å²) in [4.78, 5) is 19.3. The summed E-state index contributed by atoms with van der Waals surface area (Å²) in [6.45, 7) is 3.42. The predicted molar refractivity (Wildman–Crippen MR) is 117 cm³/mol. The Bertz CT molecular complexity index is 1190. The summed E-state index contributed by atoms with van der Waals surface area (Å²) in [5.74, 6) is 0.149. The molecule has 2 aromatic carbocycles. The van der Waals surface area contributed by atoms with Crippen molar-refractivity contribution in [2.24, 2.45) is 0 Å². The lowest BCUT2D eigenvalue weighted by atomic mass is 9.95. The number of carbonyl (C=O) groups is 1. The van der Waals surface area contributed by atoms with Crippen molar-refractivity contribution in [1.29, 1.82) is 0 Å². The van der Waals surface area contributed by atoms with Crippen molar-refractivity contribution < 1.29 is 9.90 Å². The Morgan fingerprint density at radius 2 is 1.84 bits per heavy atom. The number of amides is 1. The zero-order chi connectivity index (χ0) is 21.4. The molecule has 5 rings (SSSR count). The van der Waals surface area contributed by atoms with Gasteiger partial charge in [0, 0.05) is 36.6 Å². The van der Waals surface area contributed by atoms with E-state index in [1.54, 1.807) is 24.7 Å². The molecule has 1 unspecified atom stereocenters. The molecule has 0 spiro atoms. The standard InChI is InChI=1S/C24H23N5O2/c1-16-3-5-17(6-4-16)21-20-22(27-26-21)24(31)29(13-2-12-28-14-11-25-15-28)23(20)18-7-9-19(30)10-8-18/h3-11,14-15,23,30H,2,12-13H2,1H3,(H,26,27). The third-order valence-electron chi connectivity index (χ3n) is 5.77. The Morgan fingerprint density at radius 1 is 1.06 bits per heavy atom. The number of rotatable bonds is 6. The molecule has 1 aliphatic rings. The zero-order valence-corrected chi connectivity index (χ0v) is 17.2. The monoisotopic (exact) mass is 413 g/mol. The lowest BCUT2D eigenvalue weighted by molar-refractivity contribution is 0.0739. The Kier molecular flexibility index (Phi) is 4.78. The smallest absolute Gasteiger partial charge is 0.273 e. The second kappa shape index (κ2) is 7.75. The van der Waals surface area contributed by atoms with Crippen LogP contribution in [0.4, 0.5) is 0 Å². The Labute approximate surface area is 180 Å².